The molecule has 2 aromatic carbocycles. The molecule has 1 fully saturated rings. The van der Waals surface area contributed by atoms with Crippen LogP contribution in [0.4, 0.5) is 0 Å². The summed E-state index contributed by atoms with van der Waals surface area (Å²) in [7, 11) is 0. The highest BCUT2D eigenvalue weighted by Gasteiger charge is 2.48. The second kappa shape index (κ2) is 7.00. The summed E-state index contributed by atoms with van der Waals surface area (Å²) in [6, 6.07) is 19.8. The van der Waals surface area contributed by atoms with Gasteiger partial charge in [-0.15, -0.1) is 0 Å². The molecule has 0 aliphatic heterocycles. The van der Waals surface area contributed by atoms with Crippen molar-refractivity contribution in [2.24, 2.45) is 5.92 Å². The number of carbonyl (C=O) groups is 2. The van der Waals surface area contributed by atoms with E-state index in [1.165, 1.54) is 0 Å². The van der Waals surface area contributed by atoms with Crippen LogP contribution in [0.1, 0.15) is 43.2 Å². The van der Waals surface area contributed by atoms with Gasteiger partial charge in [0.2, 0.25) is 0 Å². The van der Waals surface area contributed by atoms with Crippen molar-refractivity contribution < 1.29 is 14.3 Å². The molecule has 1 saturated carbocycles. The number of ether oxygens (including phenoxy) is 1. The van der Waals surface area contributed by atoms with Gasteiger partial charge in [0.1, 0.15) is 11.7 Å². The predicted octanol–water partition coefficient (Wildman–Crippen LogP) is 4.09. The lowest BCUT2D eigenvalue weighted by Crippen LogP contribution is -2.28. The first kappa shape index (κ1) is 16.4. The Balaban J connectivity index is 2.02. The minimum absolute atomic E-state index is 0.00538. The topological polar surface area (TPSA) is 43.4 Å². The molecule has 0 radical (unpaired) electrons. The maximum Gasteiger partial charge on any atom is 0.317 e. The highest BCUT2D eigenvalue weighted by Crippen LogP contribution is 2.48. The maximum atomic E-state index is 12.7. The third-order valence-corrected chi connectivity index (χ3v) is 4.58. The molecule has 0 unspecified atom stereocenters. The first-order valence-corrected chi connectivity index (χ1v) is 8.41. The average Bonchev–Trinajstić information content (AvgIpc) is 2.93. The molecule has 0 saturated heterocycles. The number of hydrogen-bond acceptors (Lipinski definition) is 3. The van der Waals surface area contributed by atoms with Gasteiger partial charge in [-0.2, -0.15) is 0 Å². The zero-order valence-electron chi connectivity index (χ0n) is 14.0. The summed E-state index contributed by atoms with van der Waals surface area (Å²) in [5.41, 5.74) is 2.11. The third-order valence-electron chi connectivity index (χ3n) is 4.58. The Hall–Kier alpha value is -2.42. The normalized spacial score (nSPS) is 23.5. The average molecular weight is 322 g/mol. The van der Waals surface area contributed by atoms with Crippen LogP contribution in [0.5, 0.6) is 0 Å². The summed E-state index contributed by atoms with van der Waals surface area (Å²) in [5.74, 6) is -1.32. The molecule has 2 aromatic rings. The third kappa shape index (κ3) is 3.25. The first-order chi connectivity index (χ1) is 11.6. The van der Waals surface area contributed by atoms with Gasteiger partial charge < -0.3 is 4.74 Å². The summed E-state index contributed by atoms with van der Waals surface area (Å²) in [5, 5.41) is 0. The van der Waals surface area contributed by atoms with Crippen LogP contribution in [-0.4, -0.2) is 17.9 Å². The van der Waals surface area contributed by atoms with Crippen LogP contribution in [0, 0.1) is 5.92 Å². The van der Waals surface area contributed by atoms with Crippen LogP contribution >= 0.6 is 0 Å². The van der Waals surface area contributed by atoms with Gasteiger partial charge in [0.15, 0.2) is 0 Å². The number of Topliss-reactive ketones (excluding diaryl/α,β-unsaturated/α-hetero) is 1. The van der Waals surface area contributed by atoms with E-state index < -0.39 is 11.9 Å². The Morgan fingerprint density at radius 3 is 2.04 bits per heavy atom. The fourth-order valence-corrected chi connectivity index (χ4v) is 3.61. The number of esters is 1. The van der Waals surface area contributed by atoms with Crippen molar-refractivity contribution in [1.29, 1.82) is 0 Å². The summed E-state index contributed by atoms with van der Waals surface area (Å²) in [4.78, 5) is 25.2. The molecule has 0 amide bonds. The van der Waals surface area contributed by atoms with Crippen LogP contribution in [0.2, 0.25) is 0 Å². The Morgan fingerprint density at radius 2 is 1.50 bits per heavy atom. The summed E-state index contributed by atoms with van der Waals surface area (Å²) < 4.78 is 5.38. The SMILES string of the molecule is CC(C)OC(=O)[C@@H]1C(=O)C[C@@H](c2ccccc2)[C@H]1c1ccccc1. The molecule has 3 heteroatoms. The maximum absolute atomic E-state index is 12.7. The van der Waals surface area contributed by atoms with Gasteiger partial charge in [0.25, 0.3) is 0 Å². The van der Waals surface area contributed by atoms with Gasteiger partial charge in [-0.25, -0.2) is 0 Å². The zero-order chi connectivity index (χ0) is 17.1. The fraction of sp³-hybridized carbons (Fsp3) is 0.333. The molecule has 124 valence electrons. The van der Waals surface area contributed by atoms with Crippen molar-refractivity contribution in [3.05, 3.63) is 71.8 Å². The highest BCUT2D eigenvalue weighted by atomic mass is 16.5. The molecule has 1 aliphatic carbocycles. The van der Waals surface area contributed by atoms with E-state index in [2.05, 4.69) is 0 Å². The van der Waals surface area contributed by atoms with E-state index in [1.54, 1.807) is 0 Å². The van der Waals surface area contributed by atoms with Gasteiger partial charge in [-0.1, -0.05) is 60.7 Å². The molecule has 0 spiro atoms. The standard InChI is InChI=1S/C21H22O3/c1-14(2)24-21(23)20-18(22)13-17(15-9-5-3-6-10-15)19(20)16-11-7-4-8-12-16/h3-12,14,17,19-20H,13H2,1-2H3/t17-,19+,20+/m0/s1. The summed E-state index contributed by atoms with van der Waals surface area (Å²) in [6.07, 6.45) is 0.152. The van der Waals surface area contributed by atoms with Crippen LogP contribution in [0.15, 0.2) is 60.7 Å². The predicted molar refractivity (Wildman–Crippen MR) is 92.7 cm³/mol. The number of hydrogen-bond donors (Lipinski definition) is 0. The largest absolute Gasteiger partial charge is 0.462 e. The van der Waals surface area contributed by atoms with E-state index in [0.717, 1.165) is 11.1 Å². The molecule has 0 bridgehead atoms. The number of ketones is 1. The van der Waals surface area contributed by atoms with Crippen molar-refractivity contribution in [1.82, 2.24) is 0 Å². The second-order valence-electron chi connectivity index (χ2n) is 6.59. The van der Waals surface area contributed by atoms with Crippen molar-refractivity contribution in [2.45, 2.75) is 38.2 Å². The van der Waals surface area contributed by atoms with E-state index >= 15 is 0 Å². The molecule has 0 heterocycles. The lowest BCUT2D eigenvalue weighted by molar-refractivity contribution is -0.154. The minimum Gasteiger partial charge on any atom is -0.462 e. The molecule has 0 N–H and O–H groups in total. The van der Waals surface area contributed by atoms with Gasteiger partial charge in [-0.3, -0.25) is 9.59 Å². The molecule has 24 heavy (non-hydrogen) atoms. The van der Waals surface area contributed by atoms with E-state index in [1.807, 2.05) is 74.5 Å². The van der Waals surface area contributed by atoms with Gasteiger partial charge >= 0.3 is 5.97 Å². The van der Waals surface area contributed by atoms with Crippen molar-refractivity contribution in [3.8, 4) is 0 Å². The Kier molecular flexibility index (Phi) is 4.79. The molecule has 3 rings (SSSR count). The molecular formula is C21H22O3. The van der Waals surface area contributed by atoms with Gasteiger partial charge in [0.05, 0.1) is 6.10 Å². The highest BCUT2D eigenvalue weighted by molar-refractivity contribution is 6.02. The van der Waals surface area contributed by atoms with Crippen LogP contribution in [0.3, 0.4) is 0 Å². The van der Waals surface area contributed by atoms with Crippen molar-refractivity contribution in [3.63, 3.8) is 0 Å². The Morgan fingerprint density at radius 1 is 0.958 bits per heavy atom. The van der Waals surface area contributed by atoms with E-state index in [4.69, 9.17) is 4.74 Å². The molecule has 1 aliphatic rings. The lowest BCUT2D eigenvalue weighted by atomic mass is 9.80. The number of benzene rings is 2. The quantitative estimate of drug-likeness (QED) is 0.629. The minimum atomic E-state index is -0.722. The second-order valence-corrected chi connectivity index (χ2v) is 6.59. The summed E-state index contributed by atoms with van der Waals surface area (Å²) >= 11 is 0. The molecule has 3 nitrogen and oxygen atoms in total. The smallest absolute Gasteiger partial charge is 0.317 e. The first-order valence-electron chi connectivity index (χ1n) is 8.41. The Labute approximate surface area is 142 Å². The fourth-order valence-electron chi connectivity index (χ4n) is 3.61. The van der Waals surface area contributed by atoms with Crippen LogP contribution < -0.4 is 0 Å². The Bertz CT molecular complexity index is 706. The van der Waals surface area contributed by atoms with Crippen molar-refractivity contribution >= 4 is 11.8 Å². The molecule has 3 atom stereocenters. The van der Waals surface area contributed by atoms with Gasteiger partial charge in [-0.05, 0) is 30.9 Å². The van der Waals surface area contributed by atoms with E-state index in [0.29, 0.717) is 6.42 Å². The van der Waals surface area contributed by atoms with Crippen LogP contribution in [-0.2, 0) is 14.3 Å². The van der Waals surface area contributed by atoms with E-state index in [9.17, 15) is 9.59 Å². The van der Waals surface area contributed by atoms with Crippen LogP contribution in [0.25, 0.3) is 0 Å². The summed E-state index contributed by atoms with van der Waals surface area (Å²) in [6.45, 7) is 3.62. The van der Waals surface area contributed by atoms with Gasteiger partial charge in [0, 0.05) is 12.3 Å². The van der Waals surface area contributed by atoms with E-state index in [-0.39, 0.29) is 23.7 Å². The number of carbonyl (C=O) groups excluding carboxylic acids is 2. The molecule has 0 aromatic heterocycles. The molecular weight excluding hydrogens is 300 g/mol. The number of rotatable bonds is 4. The monoisotopic (exact) mass is 322 g/mol. The lowest BCUT2D eigenvalue weighted by Gasteiger charge is -2.24. The zero-order valence-corrected chi connectivity index (χ0v) is 14.0. The van der Waals surface area contributed by atoms with Crippen molar-refractivity contribution in [2.75, 3.05) is 0 Å².